The van der Waals surface area contributed by atoms with Crippen molar-refractivity contribution in [3.8, 4) is 5.75 Å². The van der Waals surface area contributed by atoms with Crippen molar-refractivity contribution in [3.63, 3.8) is 0 Å². The number of nitrogens with two attached hydrogens (primary N) is 1. The molecule has 1 aromatic carbocycles. The van der Waals surface area contributed by atoms with Gasteiger partial charge < -0.3 is 14.9 Å². The molecule has 0 aliphatic heterocycles. The first-order chi connectivity index (χ1) is 6.83. The van der Waals surface area contributed by atoms with E-state index < -0.39 is 0 Å². The molecule has 0 unspecified atom stereocenters. The fourth-order valence-corrected chi connectivity index (χ4v) is 1.50. The number of hydrogen-bond acceptors (Lipinski definition) is 3. The van der Waals surface area contributed by atoms with E-state index in [-0.39, 0.29) is 0 Å². The molecule has 0 saturated heterocycles. The van der Waals surface area contributed by atoms with Gasteiger partial charge in [0.05, 0.1) is 11.6 Å². The van der Waals surface area contributed by atoms with Gasteiger partial charge in [0.15, 0.2) is 0 Å². The minimum atomic E-state index is 0.521. The molecule has 3 heteroatoms. The Labute approximate surface area is 82.5 Å². The first-order valence-corrected chi connectivity index (χ1v) is 4.62. The number of rotatable bonds is 3. The van der Waals surface area contributed by atoms with E-state index in [1.54, 1.807) is 6.26 Å². The Balaban J connectivity index is 2.46. The van der Waals surface area contributed by atoms with Crippen molar-refractivity contribution in [2.24, 2.45) is 5.73 Å². The Morgan fingerprint density at radius 1 is 1.43 bits per heavy atom. The van der Waals surface area contributed by atoms with Gasteiger partial charge in [0.2, 0.25) is 0 Å². The van der Waals surface area contributed by atoms with Gasteiger partial charge >= 0.3 is 0 Å². The minimum absolute atomic E-state index is 0.521. The van der Waals surface area contributed by atoms with E-state index in [9.17, 15) is 0 Å². The predicted molar refractivity (Wildman–Crippen MR) is 55.5 cm³/mol. The summed E-state index contributed by atoms with van der Waals surface area (Å²) in [6, 6.07) is 5.77. The maximum Gasteiger partial charge on any atom is 0.137 e. The zero-order valence-electron chi connectivity index (χ0n) is 8.12. The Morgan fingerprint density at radius 3 is 3.07 bits per heavy atom. The fourth-order valence-electron chi connectivity index (χ4n) is 1.50. The number of furan rings is 1. The molecule has 0 atom stereocenters. The smallest absolute Gasteiger partial charge is 0.137 e. The number of benzene rings is 1. The first kappa shape index (κ1) is 9.09. The van der Waals surface area contributed by atoms with Crippen LogP contribution in [0.15, 0.2) is 28.9 Å². The summed E-state index contributed by atoms with van der Waals surface area (Å²) in [6.45, 7) is 3.05. The summed E-state index contributed by atoms with van der Waals surface area (Å²) in [7, 11) is 0. The Morgan fingerprint density at radius 2 is 2.29 bits per heavy atom. The van der Waals surface area contributed by atoms with Crippen molar-refractivity contribution >= 4 is 11.0 Å². The maximum atomic E-state index is 5.52. The summed E-state index contributed by atoms with van der Waals surface area (Å²) in [5, 5.41) is 1.04. The molecule has 1 heterocycles. The molecule has 2 N–H and O–H groups in total. The Hall–Kier alpha value is -1.48. The van der Waals surface area contributed by atoms with Crippen LogP contribution >= 0.6 is 0 Å². The SMILES string of the molecule is Cc1coc2cccc(OCCN)c12. The van der Waals surface area contributed by atoms with E-state index in [1.165, 1.54) is 0 Å². The number of fused-ring (bicyclic) bond motifs is 1. The van der Waals surface area contributed by atoms with Crippen LogP contribution in [0.1, 0.15) is 5.56 Å². The van der Waals surface area contributed by atoms with Crippen LogP contribution in [-0.4, -0.2) is 13.2 Å². The average molecular weight is 191 g/mol. The summed E-state index contributed by atoms with van der Waals surface area (Å²) < 4.78 is 10.9. The highest BCUT2D eigenvalue weighted by Gasteiger charge is 2.07. The van der Waals surface area contributed by atoms with Gasteiger partial charge in [0, 0.05) is 6.54 Å². The van der Waals surface area contributed by atoms with Crippen LogP contribution in [-0.2, 0) is 0 Å². The molecule has 0 aliphatic rings. The third kappa shape index (κ3) is 1.46. The van der Waals surface area contributed by atoms with Gasteiger partial charge in [-0.1, -0.05) is 6.07 Å². The maximum absolute atomic E-state index is 5.52. The lowest BCUT2D eigenvalue weighted by Gasteiger charge is -2.05. The molecule has 0 bridgehead atoms. The molecule has 2 aromatic rings. The summed E-state index contributed by atoms with van der Waals surface area (Å²) >= 11 is 0. The molecule has 0 spiro atoms. The quantitative estimate of drug-likeness (QED) is 0.808. The van der Waals surface area contributed by atoms with Crippen LogP contribution in [0.2, 0.25) is 0 Å². The van der Waals surface area contributed by atoms with Crippen molar-refractivity contribution in [1.82, 2.24) is 0 Å². The molecule has 0 saturated carbocycles. The highest BCUT2D eigenvalue weighted by molar-refractivity contribution is 5.87. The molecule has 1 aromatic heterocycles. The van der Waals surface area contributed by atoms with Gasteiger partial charge in [-0.2, -0.15) is 0 Å². The van der Waals surface area contributed by atoms with E-state index in [2.05, 4.69) is 0 Å². The number of aryl methyl sites for hydroxylation is 1. The lowest BCUT2D eigenvalue weighted by Crippen LogP contribution is -2.10. The number of ether oxygens (including phenoxy) is 1. The molecule has 2 rings (SSSR count). The standard InChI is InChI=1S/C11H13NO2/c1-8-7-14-10-4-2-3-9(11(8)10)13-6-5-12/h2-4,7H,5-6,12H2,1H3. The fraction of sp³-hybridized carbons (Fsp3) is 0.273. The van der Waals surface area contributed by atoms with Crippen LogP contribution < -0.4 is 10.5 Å². The van der Waals surface area contributed by atoms with Crippen molar-refractivity contribution in [1.29, 1.82) is 0 Å². The third-order valence-corrected chi connectivity index (χ3v) is 2.12. The van der Waals surface area contributed by atoms with Crippen LogP contribution in [0, 0.1) is 6.92 Å². The topological polar surface area (TPSA) is 48.4 Å². The molecule has 3 nitrogen and oxygen atoms in total. The summed E-state index contributed by atoms with van der Waals surface area (Å²) in [5.74, 6) is 0.846. The summed E-state index contributed by atoms with van der Waals surface area (Å²) in [5.41, 5.74) is 7.33. The molecule has 74 valence electrons. The van der Waals surface area contributed by atoms with Crippen molar-refractivity contribution in [2.75, 3.05) is 13.2 Å². The van der Waals surface area contributed by atoms with E-state index in [0.29, 0.717) is 13.2 Å². The molecule has 0 fully saturated rings. The molecule has 0 radical (unpaired) electrons. The monoisotopic (exact) mass is 191 g/mol. The third-order valence-electron chi connectivity index (χ3n) is 2.12. The zero-order chi connectivity index (χ0) is 9.97. The molecule has 0 amide bonds. The van der Waals surface area contributed by atoms with E-state index in [0.717, 1.165) is 22.3 Å². The molecule has 0 aliphatic carbocycles. The lowest BCUT2D eigenvalue weighted by molar-refractivity contribution is 0.332. The average Bonchev–Trinajstić information content (AvgIpc) is 2.58. The van der Waals surface area contributed by atoms with Gasteiger partial charge in [0.1, 0.15) is 17.9 Å². The largest absolute Gasteiger partial charge is 0.491 e. The first-order valence-electron chi connectivity index (χ1n) is 4.62. The van der Waals surface area contributed by atoms with Gasteiger partial charge in [0.25, 0.3) is 0 Å². The normalized spacial score (nSPS) is 10.7. The second kappa shape index (κ2) is 3.72. The second-order valence-electron chi connectivity index (χ2n) is 3.19. The van der Waals surface area contributed by atoms with Crippen molar-refractivity contribution in [2.45, 2.75) is 6.92 Å². The minimum Gasteiger partial charge on any atom is -0.491 e. The van der Waals surface area contributed by atoms with Crippen LogP contribution in [0.3, 0.4) is 0 Å². The molecular formula is C11H13NO2. The van der Waals surface area contributed by atoms with Crippen LogP contribution in [0.5, 0.6) is 5.75 Å². The van der Waals surface area contributed by atoms with Gasteiger partial charge in [-0.3, -0.25) is 0 Å². The summed E-state index contributed by atoms with van der Waals surface area (Å²) in [4.78, 5) is 0. The van der Waals surface area contributed by atoms with Crippen LogP contribution in [0.25, 0.3) is 11.0 Å². The van der Waals surface area contributed by atoms with E-state index in [1.807, 2.05) is 25.1 Å². The van der Waals surface area contributed by atoms with Crippen molar-refractivity contribution < 1.29 is 9.15 Å². The zero-order valence-corrected chi connectivity index (χ0v) is 8.12. The lowest BCUT2D eigenvalue weighted by atomic mass is 10.2. The summed E-state index contributed by atoms with van der Waals surface area (Å²) in [6.07, 6.45) is 1.74. The van der Waals surface area contributed by atoms with Gasteiger partial charge in [-0.05, 0) is 24.6 Å². The highest BCUT2D eigenvalue weighted by Crippen LogP contribution is 2.29. The molecular weight excluding hydrogens is 178 g/mol. The van der Waals surface area contributed by atoms with Gasteiger partial charge in [-0.25, -0.2) is 0 Å². The van der Waals surface area contributed by atoms with Crippen molar-refractivity contribution in [3.05, 3.63) is 30.0 Å². The highest BCUT2D eigenvalue weighted by atomic mass is 16.5. The predicted octanol–water partition coefficient (Wildman–Crippen LogP) is 2.08. The Kier molecular flexibility index (Phi) is 2.41. The molecule has 14 heavy (non-hydrogen) atoms. The second-order valence-corrected chi connectivity index (χ2v) is 3.19. The Bertz CT molecular complexity index is 434. The van der Waals surface area contributed by atoms with Gasteiger partial charge in [-0.15, -0.1) is 0 Å². The van der Waals surface area contributed by atoms with E-state index >= 15 is 0 Å². The van der Waals surface area contributed by atoms with Crippen LogP contribution in [0.4, 0.5) is 0 Å². The van der Waals surface area contributed by atoms with E-state index in [4.69, 9.17) is 14.9 Å². The number of hydrogen-bond donors (Lipinski definition) is 1.